The lowest BCUT2D eigenvalue weighted by Crippen LogP contribution is -2.32. The summed E-state index contributed by atoms with van der Waals surface area (Å²) in [7, 11) is -3.59. The van der Waals surface area contributed by atoms with E-state index in [1.165, 1.54) is 4.31 Å². The summed E-state index contributed by atoms with van der Waals surface area (Å²) in [4.78, 5) is 0.276. The number of aliphatic hydroxyl groups excluding tert-OH is 1. The number of rotatable bonds is 11. The largest absolute Gasteiger partial charge is 0.389 e. The van der Waals surface area contributed by atoms with Gasteiger partial charge in [0.25, 0.3) is 0 Å². The Bertz CT molecular complexity index is 661. The molecule has 0 saturated heterocycles. The fourth-order valence-electron chi connectivity index (χ4n) is 2.55. The van der Waals surface area contributed by atoms with Crippen LogP contribution in [0.25, 0.3) is 0 Å². The van der Waals surface area contributed by atoms with Crippen LogP contribution in [0.15, 0.2) is 53.5 Å². The van der Waals surface area contributed by atoms with Gasteiger partial charge in [-0.2, -0.15) is 4.31 Å². The molecule has 0 aliphatic rings. The number of aryl methyl sites for hydroxylation is 1. The molecule has 1 aromatic rings. The van der Waals surface area contributed by atoms with Gasteiger partial charge < -0.3 is 5.11 Å². The summed E-state index contributed by atoms with van der Waals surface area (Å²) in [6, 6.07) is 6.84. The molecule has 1 rings (SSSR count). The molecule has 0 fully saturated rings. The molecule has 140 valence electrons. The van der Waals surface area contributed by atoms with Crippen molar-refractivity contribution < 1.29 is 13.5 Å². The summed E-state index contributed by atoms with van der Waals surface area (Å²) in [6.45, 7) is 9.91. The van der Waals surface area contributed by atoms with Gasteiger partial charge in [0, 0.05) is 13.1 Å². The maximum Gasteiger partial charge on any atom is 0.243 e. The molecular formula is C20H31NO3S. The van der Waals surface area contributed by atoms with Gasteiger partial charge in [-0.15, -0.1) is 6.58 Å². The minimum atomic E-state index is -3.59. The highest BCUT2D eigenvalue weighted by Crippen LogP contribution is 2.18. The predicted molar refractivity (Wildman–Crippen MR) is 104 cm³/mol. The van der Waals surface area contributed by atoms with Crippen LogP contribution in [0.2, 0.25) is 0 Å². The average Bonchev–Trinajstić information content (AvgIpc) is 2.56. The summed E-state index contributed by atoms with van der Waals surface area (Å²) >= 11 is 0. The van der Waals surface area contributed by atoms with Crippen LogP contribution < -0.4 is 0 Å². The van der Waals surface area contributed by atoms with E-state index in [1.807, 2.05) is 13.0 Å². The van der Waals surface area contributed by atoms with Crippen LogP contribution in [0.5, 0.6) is 0 Å². The first-order valence-corrected chi connectivity index (χ1v) is 10.3. The van der Waals surface area contributed by atoms with Crippen molar-refractivity contribution >= 4 is 10.0 Å². The van der Waals surface area contributed by atoms with Crippen molar-refractivity contribution in [2.24, 2.45) is 0 Å². The molecule has 0 bridgehead atoms. The van der Waals surface area contributed by atoms with E-state index in [-0.39, 0.29) is 18.0 Å². The van der Waals surface area contributed by atoms with Gasteiger partial charge in [0.1, 0.15) is 0 Å². The SMILES string of the molecule is C=CCN(C/C=C(\CCCCC)C(C)O)S(=O)(=O)c1ccc(C)cc1. The second kappa shape index (κ2) is 10.5. The molecule has 4 nitrogen and oxygen atoms in total. The Morgan fingerprint density at radius 2 is 1.88 bits per heavy atom. The highest BCUT2D eigenvalue weighted by molar-refractivity contribution is 7.89. The predicted octanol–water partition coefficient (Wildman–Crippen LogP) is 4.06. The van der Waals surface area contributed by atoms with Crippen molar-refractivity contribution in [3.63, 3.8) is 0 Å². The van der Waals surface area contributed by atoms with Gasteiger partial charge in [0.15, 0.2) is 0 Å². The molecule has 0 spiro atoms. The number of hydrogen-bond donors (Lipinski definition) is 1. The van der Waals surface area contributed by atoms with Crippen molar-refractivity contribution in [3.05, 3.63) is 54.1 Å². The molecule has 0 aromatic heterocycles. The van der Waals surface area contributed by atoms with Crippen molar-refractivity contribution in [2.75, 3.05) is 13.1 Å². The lowest BCUT2D eigenvalue weighted by molar-refractivity contribution is 0.225. The van der Waals surface area contributed by atoms with Gasteiger partial charge in [-0.1, -0.05) is 49.6 Å². The average molecular weight is 366 g/mol. The van der Waals surface area contributed by atoms with Crippen LogP contribution in [-0.2, 0) is 10.0 Å². The molecule has 5 heteroatoms. The van der Waals surface area contributed by atoms with E-state index in [2.05, 4.69) is 13.5 Å². The maximum atomic E-state index is 12.9. The third-order valence-electron chi connectivity index (χ3n) is 4.15. The van der Waals surface area contributed by atoms with Gasteiger partial charge in [0.2, 0.25) is 10.0 Å². The molecule has 25 heavy (non-hydrogen) atoms. The van der Waals surface area contributed by atoms with Crippen molar-refractivity contribution in [3.8, 4) is 0 Å². The van der Waals surface area contributed by atoms with Crippen LogP contribution in [0.3, 0.4) is 0 Å². The Balaban J connectivity index is 2.99. The maximum absolute atomic E-state index is 12.9. The summed E-state index contributed by atoms with van der Waals surface area (Å²) in [5.74, 6) is 0. The van der Waals surface area contributed by atoms with E-state index in [9.17, 15) is 13.5 Å². The Hall–Kier alpha value is -1.43. The molecule has 0 heterocycles. The van der Waals surface area contributed by atoms with E-state index in [4.69, 9.17) is 0 Å². The van der Waals surface area contributed by atoms with Gasteiger partial charge in [-0.25, -0.2) is 8.42 Å². The van der Waals surface area contributed by atoms with Crippen LogP contribution in [0.4, 0.5) is 0 Å². The molecule has 1 unspecified atom stereocenters. The van der Waals surface area contributed by atoms with E-state index in [0.29, 0.717) is 0 Å². The topological polar surface area (TPSA) is 57.6 Å². The first-order valence-electron chi connectivity index (χ1n) is 8.87. The Morgan fingerprint density at radius 1 is 1.24 bits per heavy atom. The molecule has 1 aromatic carbocycles. The lowest BCUT2D eigenvalue weighted by Gasteiger charge is -2.20. The molecule has 1 atom stereocenters. The zero-order valence-electron chi connectivity index (χ0n) is 15.6. The van der Waals surface area contributed by atoms with E-state index >= 15 is 0 Å². The lowest BCUT2D eigenvalue weighted by atomic mass is 10.0. The van der Waals surface area contributed by atoms with E-state index in [0.717, 1.165) is 36.8 Å². The highest BCUT2D eigenvalue weighted by Gasteiger charge is 2.22. The van der Waals surface area contributed by atoms with Gasteiger partial charge in [0.05, 0.1) is 11.0 Å². The Labute approximate surface area is 152 Å². The first kappa shape index (κ1) is 21.6. The molecular weight excluding hydrogens is 334 g/mol. The number of hydrogen-bond acceptors (Lipinski definition) is 3. The quantitative estimate of drug-likeness (QED) is 0.475. The van der Waals surface area contributed by atoms with Crippen molar-refractivity contribution in [1.82, 2.24) is 4.31 Å². The normalized spacial score (nSPS) is 13.9. The van der Waals surface area contributed by atoms with Gasteiger partial charge in [-0.05, 0) is 44.4 Å². The summed E-state index contributed by atoms with van der Waals surface area (Å²) < 4.78 is 27.1. The highest BCUT2D eigenvalue weighted by atomic mass is 32.2. The zero-order chi connectivity index (χ0) is 18.9. The number of benzene rings is 1. The van der Waals surface area contributed by atoms with E-state index < -0.39 is 16.1 Å². The number of aliphatic hydroxyl groups is 1. The fourth-order valence-corrected chi connectivity index (χ4v) is 3.90. The molecule has 1 N–H and O–H groups in total. The van der Waals surface area contributed by atoms with Crippen molar-refractivity contribution in [2.45, 2.75) is 57.5 Å². The third-order valence-corrected chi connectivity index (χ3v) is 6.00. The van der Waals surface area contributed by atoms with Crippen LogP contribution in [-0.4, -0.2) is 37.0 Å². The van der Waals surface area contributed by atoms with Crippen LogP contribution >= 0.6 is 0 Å². The summed E-state index contributed by atoms with van der Waals surface area (Å²) in [5.41, 5.74) is 1.91. The second-order valence-electron chi connectivity index (χ2n) is 6.34. The van der Waals surface area contributed by atoms with Gasteiger partial charge in [-0.3, -0.25) is 0 Å². The standard InChI is InChI=1S/C20H31NO3S/c1-5-7-8-9-19(18(4)22)14-16-21(15-6-2)25(23,24)20-12-10-17(3)11-13-20/h6,10-14,18,22H,2,5,7-9,15-16H2,1,3-4H3/b19-14+. The molecule has 0 radical (unpaired) electrons. The summed E-state index contributed by atoms with van der Waals surface area (Å²) in [6.07, 6.45) is 6.86. The molecule has 0 amide bonds. The second-order valence-corrected chi connectivity index (χ2v) is 8.27. The third kappa shape index (κ3) is 6.77. The smallest absolute Gasteiger partial charge is 0.243 e. The Kier molecular flexibility index (Phi) is 9.11. The molecule has 0 aliphatic heterocycles. The molecule has 0 saturated carbocycles. The number of nitrogens with zero attached hydrogens (tertiary/aromatic N) is 1. The zero-order valence-corrected chi connectivity index (χ0v) is 16.4. The van der Waals surface area contributed by atoms with Crippen LogP contribution in [0.1, 0.15) is 45.1 Å². The van der Waals surface area contributed by atoms with E-state index in [1.54, 1.807) is 37.3 Å². The first-order chi connectivity index (χ1) is 11.8. The monoisotopic (exact) mass is 365 g/mol. The number of sulfonamides is 1. The van der Waals surface area contributed by atoms with Crippen molar-refractivity contribution in [1.29, 1.82) is 0 Å². The molecule has 0 aliphatic carbocycles. The summed E-state index contributed by atoms with van der Waals surface area (Å²) in [5, 5.41) is 9.95. The minimum absolute atomic E-state index is 0.231. The van der Waals surface area contributed by atoms with Gasteiger partial charge >= 0.3 is 0 Å². The fraction of sp³-hybridized carbons (Fsp3) is 0.500. The minimum Gasteiger partial charge on any atom is -0.389 e. The number of unbranched alkanes of at least 4 members (excludes halogenated alkanes) is 2. The Morgan fingerprint density at radius 3 is 2.40 bits per heavy atom. The van der Waals surface area contributed by atoms with Crippen LogP contribution in [0, 0.1) is 6.92 Å².